The molecule has 1 unspecified atom stereocenters. The van der Waals surface area contributed by atoms with Crippen LogP contribution in [0.2, 0.25) is 0 Å². The second-order valence-electron chi connectivity index (χ2n) is 4.22. The van der Waals surface area contributed by atoms with E-state index in [4.69, 9.17) is 0 Å². The third-order valence-electron chi connectivity index (χ3n) is 2.81. The molecule has 0 bridgehead atoms. The molecule has 0 fully saturated rings. The van der Waals surface area contributed by atoms with Gasteiger partial charge < -0.3 is 5.32 Å². The van der Waals surface area contributed by atoms with Crippen LogP contribution in [-0.4, -0.2) is 0 Å². The Kier molecular flexibility index (Phi) is 4.18. The second-order valence-corrected chi connectivity index (χ2v) is 5.08. The van der Waals surface area contributed by atoms with Crippen molar-refractivity contribution >= 4 is 21.6 Å². The van der Waals surface area contributed by atoms with Crippen molar-refractivity contribution < 1.29 is 4.39 Å². The van der Waals surface area contributed by atoms with Crippen LogP contribution in [-0.2, 0) is 0 Å². The lowest BCUT2D eigenvalue weighted by Crippen LogP contribution is -2.08. The molecule has 2 nitrogen and oxygen atoms in total. The maximum Gasteiger partial charge on any atom is 0.140 e. The van der Waals surface area contributed by atoms with Gasteiger partial charge in [-0.3, -0.25) is 0 Å². The third-order valence-corrected chi connectivity index (χ3v) is 3.67. The summed E-state index contributed by atoms with van der Waals surface area (Å²) in [4.78, 5) is 0. The van der Waals surface area contributed by atoms with Crippen LogP contribution >= 0.6 is 15.9 Å². The number of nitriles is 1. The van der Waals surface area contributed by atoms with Crippen molar-refractivity contribution in [1.82, 2.24) is 0 Å². The number of nitrogens with one attached hydrogen (secondary N) is 1. The quantitative estimate of drug-likeness (QED) is 0.899. The Labute approximate surface area is 120 Å². The molecule has 1 atom stereocenters. The van der Waals surface area contributed by atoms with E-state index < -0.39 is 6.04 Å². The van der Waals surface area contributed by atoms with Crippen LogP contribution in [0, 0.1) is 24.1 Å². The van der Waals surface area contributed by atoms with Gasteiger partial charge >= 0.3 is 0 Å². The summed E-state index contributed by atoms with van der Waals surface area (Å²) in [5, 5.41) is 12.3. The Balaban J connectivity index is 2.23. The van der Waals surface area contributed by atoms with Gasteiger partial charge in [0, 0.05) is 10.2 Å². The number of aryl methyl sites for hydroxylation is 1. The minimum atomic E-state index is -0.470. The fourth-order valence-electron chi connectivity index (χ4n) is 1.69. The summed E-state index contributed by atoms with van der Waals surface area (Å²) in [6, 6.07) is 13.5. The van der Waals surface area contributed by atoms with E-state index >= 15 is 0 Å². The molecule has 4 heteroatoms. The van der Waals surface area contributed by atoms with Gasteiger partial charge in [-0.2, -0.15) is 5.26 Å². The van der Waals surface area contributed by atoms with E-state index in [9.17, 15) is 9.65 Å². The Bertz CT molecular complexity index is 617. The first-order chi connectivity index (χ1) is 9.10. The number of anilines is 1. The molecule has 96 valence electrons. The van der Waals surface area contributed by atoms with Gasteiger partial charge in [0.25, 0.3) is 0 Å². The van der Waals surface area contributed by atoms with Gasteiger partial charge in [-0.05, 0) is 48.4 Å². The first-order valence-corrected chi connectivity index (χ1v) is 6.57. The van der Waals surface area contributed by atoms with Crippen molar-refractivity contribution in [3.05, 3.63) is 63.9 Å². The van der Waals surface area contributed by atoms with Gasteiger partial charge in [0.15, 0.2) is 0 Å². The number of nitrogens with zero attached hydrogens (tertiary/aromatic N) is 1. The zero-order valence-electron chi connectivity index (χ0n) is 10.3. The Hall–Kier alpha value is -1.86. The van der Waals surface area contributed by atoms with Crippen LogP contribution in [0.1, 0.15) is 17.2 Å². The summed E-state index contributed by atoms with van der Waals surface area (Å²) >= 11 is 3.45. The molecule has 0 aliphatic rings. The third kappa shape index (κ3) is 3.33. The van der Waals surface area contributed by atoms with Gasteiger partial charge in [0.2, 0.25) is 0 Å². The molecule has 0 aromatic heterocycles. The summed E-state index contributed by atoms with van der Waals surface area (Å²) < 4.78 is 13.8. The van der Waals surface area contributed by atoms with E-state index in [-0.39, 0.29) is 5.82 Å². The molecule has 0 saturated heterocycles. The highest BCUT2D eigenvalue weighted by Gasteiger charge is 2.11. The predicted octanol–water partition coefficient (Wildman–Crippen LogP) is 4.57. The highest BCUT2D eigenvalue weighted by Crippen LogP contribution is 2.24. The zero-order chi connectivity index (χ0) is 13.8. The first-order valence-electron chi connectivity index (χ1n) is 5.78. The van der Waals surface area contributed by atoms with E-state index in [1.165, 1.54) is 12.1 Å². The van der Waals surface area contributed by atoms with E-state index in [0.717, 1.165) is 15.6 Å². The molecule has 0 heterocycles. The fourth-order valence-corrected chi connectivity index (χ4v) is 2.09. The summed E-state index contributed by atoms with van der Waals surface area (Å²) in [6.45, 7) is 1.99. The van der Waals surface area contributed by atoms with Gasteiger partial charge in [-0.1, -0.05) is 28.1 Å². The lowest BCUT2D eigenvalue weighted by molar-refractivity contribution is 0.628. The second kappa shape index (κ2) is 5.85. The van der Waals surface area contributed by atoms with Crippen molar-refractivity contribution in [1.29, 1.82) is 5.26 Å². The van der Waals surface area contributed by atoms with Gasteiger partial charge in [-0.15, -0.1) is 0 Å². The molecule has 0 amide bonds. The predicted molar refractivity (Wildman–Crippen MR) is 77.3 cm³/mol. The molecule has 2 aromatic rings. The lowest BCUT2D eigenvalue weighted by atomic mass is 10.1. The fraction of sp³-hybridized carbons (Fsp3) is 0.133. The topological polar surface area (TPSA) is 35.8 Å². The van der Waals surface area contributed by atoms with Crippen LogP contribution in [0.15, 0.2) is 46.9 Å². The van der Waals surface area contributed by atoms with Crippen molar-refractivity contribution in [2.24, 2.45) is 0 Å². The van der Waals surface area contributed by atoms with E-state index in [1.807, 2.05) is 25.1 Å². The van der Waals surface area contributed by atoms with Crippen LogP contribution in [0.3, 0.4) is 0 Å². The van der Waals surface area contributed by atoms with E-state index in [1.54, 1.807) is 12.1 Å². The number of benzene rings is 2. The smallest absolute Gasteiger partial charge is 0.140 e. The monoisotopic (exact) mass is 318 g/mol. The zero-order valence-corrected chi connectivity index (χ0v) is 11.9. The maximum absolute atomic E-state index is 12.8. The molecule has 0 aliphatic carbocycles. The van der Waals surface area contributed by atoms with Crippen LogP contribution in [0.4, 0.5) is 10.1 Å². The molecule has 19 heavy (non-hydrogen) atoms. The molecule has 2 aromatic carbocycles. The highest BCUT2D eigenvalue weighted by atomic mass is 79.9. The van der Waals surface area contributed by atoms with E-state index in [2.05, 4.69) is 27.3 Å². The molecule has 0 saturated carbocycles. The molecule has 0 spiro atoms. The van der Waals surface area contributed by atoms with Crippen LogP contribution in [0.5, 0.6) is 0 Å². The number of hydrogen-bond donors (Lipinski definition) is 1. The Morgan fingerprint density at radius 1 is 1.21 bits per heavy atom. The SMILES string of the molecule is Cc1ccc(C(C#N)Nc2ccc(F)cc2)cc1Br. The molecule has 0 radical (unpaired) electrons. The summed E-state index contributed by atoms with van der Waals surface area (Å²) in [5.41, 5.74) is 2.69. The van der Waals surface area contributed by atoms with Crippen molar-refractivity contribution in [2.45, 2.75) is 13.0 Å². The first kappa shape index (κ1) is 13.6. The highest BCUT2D eigenvalue weighted by molar-refractivity contribution is 9.10. The summed E-state index contributed by atoms with van der Waals surface area (Å²) in [5.74, 6) is -0.294. The maximum atomic E-state index is 12.8. The molecule has 2 rings (SSSR count). The molecular weight excluding hydrogens is 307 g/mol. The van der Waals surface area contributed by atoms with Gasteiger partial charge in [0.05, 0.1) is 6.07 Å². The summed E-state index contributed by atoms with van der Waals surface area (Å²) in [6.07, 6.45) is 0. The molecule has 1 N–H and O–H groups in total. The number of hydrogen-bond acceptors (Lipinski definition) is 2. The normalized spacial score (nSPS) is 11.7. The minimum absolute atomic E-state index is 0.294. The average Bonchev–Trinajstić information content (AvgIpc) is 2.41. The number of halogens is 2. The number of rotatable bonds is 3. The summed E-state index contributed by atoms with van der Waals surface area (Å²) in [7, 11) is 0. The minimum Gasteiger partial charge on any atom is -0.366 e. The largest absolute Gasteiger partial charge is 0.366 e. The Morgan fingerprint density at radius 2 is 1.89 bits per heavy atom. The van der Waals surface area contributed by atoms with Gasteiger partial charge in [-0.25, -0.2) is 4.39 Å². The van der Waals surface area contributed by atoms with Crippen molar-refractivity contribution in [3.8, 4) is 6.07 Å². The average molecular weight is 319 g/mol. The molecule has 0 aliphatic heterocycles. The van der Waals surface area contributed by atoms with Crippen molar-refractivity contribution in [3.63, 3.8) is 0 Å². The standard InChI is InChI=1S/C15H12BrFN2/c1-10-2-3-11(8-14(10)16)15(9-18)19-13-6-4-12(17)5-7-13/h2-8,15,19H,1H3. The van der Waals surface area contributed by atoms with Crippen LogP contribution in [0.25, 0.3) is 0 Å². The van der Waals surface area contributed by atoms with Crippen molar-refractivity contribution in [2.75, 3.05) is 5.32 Å². The Morgan fingerprint density at radius 3 is 2.47 bits per heavy atom. The lowest BCUT2D eigenvalue weighted by Gasteiger charge is -2.14. The van der Waals surface area contributed by atoms with E-state index in [0.29, 0.717) is 5.69 Å². The van der Waals surface area contributed by atoms with Crippen LogP contribution < -0.4 is 5.32 Å². The van der Waals surface area contributed by atoms with Gasteiger partial charge in [0.1, 0.15) is 11.9 Å². The molecular formula is C15H12BrFN2.